The second-order valence-electron chi connectivity index (χ2n) is 4.54. The highest BCUT2D eigenvalue weighted by atomic mass is 32.1. The van der Waals surface area contributed by atoms with Crippen molar-refractivity contribution in [2.75, 3.05) is 29.6 Å². The van der Waals surface area contributed by atoms with Gasteiger partial charge in [0, 0.05) is 30.4 Å². The molecule has 0 fully saturated rings. The van der Waals surface area contributed by atoms with E-state index in [1.807, 2.05) is 61.5 Å². The quantitative estimate of drug-likeness (QED) is 0.754. The monoisotopic (exact) mass is 287 g/mol. The molecule has 0 radical (unpaired) electrons. The highest BCUT2D eigenvalue weighted by molar-refractivity contribution is 7.80. The van der Waals surface area contributed by atoms with Gasteiger partial charge in [-0.3, -0.25) is 0 Å². The lowest BCUT2D eigenvalue weighted by molar-refractivity contribution is 0.262. The number of para-hydroxylation sites is 1. The second kappa shape index (κ2) is 6.34. The number of hydrogen-bond donors (Lipinski definition) is 3. The maximum absolute atomic E-state index is 11.9. The largest absolute Gasteiger partial charge is 0.378 e. The van der Waals surface area contributed by atoms with Gasteiger partial charge in [-0.15, -0.1) is 12.6 Å². The predicted octanol–water partition coefficient (Wildman–Crippen LogP) is 3.69. The molecule has 2 rings (SSSR count). The van der Waals surface area contributed by atoms with Crippen molar-refractivity contribution in [2.45, 2.75) is 4.90 Å². The molecule has 0 saturated carbocycles. The molecule has 2 N–H and O–H groups in total. The van der Waals surface area contributed by atoms with Crippen LogP contribution in [0.3, 0.4) is 0 Å². The van der Waals surface area contributed by atoms with Crippen molar-refractivity contribution >= 4 is 35.7 Å². The van der Waals surface area contributed by atoms with Crippen LogP contribution in [0, 0.1) is 0 Å². The molecule has 104 valence electrons. The van der Waals surface area contributed by atoms with E-state index in [0.717, 1.165) is 16.3 Å². The smallest absolute Gasteiger partial charge is 0.323 e. The normalized spacial score (nSPS) is 9.95. The minimum Gasteiger partial charge on any atom is -0.378 e. The summed E-state index contributed by atoms with van der Waals surface area (Å²) in [5, 5.41) is 5.57. The molecule has 0 spiro atoms. The van der Waals surface area contributed by atoms with Crippen molar-refractivity contribution in [3.63, 3.8) is 0 Å². The number of carbonyl (C=O) groups is 1. The molecule has 2 amide bonds. The molecule has 0 atom stereocenters. The van der Waals surface area contributed by atoms with Gasteiger partial charge in [0.1, 0.15) is 0 Å². The molecule has 0 heterocycles. The number of carbonyl (C=O) groups excluding carboxylic acids is 1. The van der Waals surface area contributed by atoms with E-state index in [1.165, 1.54) is 0 Å². The Hall–Kier alpha value is -2.14. The molecule has 0 saturated heterocycles. The molecule has 0 aliphatic carbocycles. The zero-order valence-electron chi connectivity index (χ0n) is 11.4. The van der Waals surface area contributed by atoms with Crippen LogP contribution >= 0.6 is 12.6 Å². The van der Waals surface area contributed by atoms with Gasteiger partial charge >= 0.3 is 6.03 Å². The minimum absolute atomic E-state index is 0.289. The van der Waals surface area contributed by atoms with Crippen molar-refractivity contribution < 1.29 is 4.79 Å². The number of amides is 2. The molecule has 20 heavy (non-hydrogen) atoms. The molecular weight excluding hydrogens is 270 g/mol. The van der Waals surface area contributed by atoms with Gasteiger partial charge in [-0.05, 0) is 30.3 Å². The van der Waals surface area contributed by atoms with Gasteiger partial charge in [0.2, 0.25) is 0 Å². The van der Waals surface area contributed by atoms with E-state index in [-0.39, 0.29) is 6.03 Å². The molecule has 2 aromatic carbocycles. The Morgan fingerprint density at radius 3 is 2.50 bits per heavy atom. The van der Waals surface area contributed by atoms with Crippen molar-refractivity contribution in [2.24, 2.45) is 0 Å². The van der Waals surface area contributed by atoms with Crippen LogP contribution in [0.1, 0.15) is 0 Å². The van der Waals surface area contributed by atoms with Gasteiger partial charge in [0.05, 0.1) is 5.69 Å². The van der Waals surface area contributed by atoms with Gasteiger partial charge in [-0.25, -0.2) is 4.79 Å². The summed E-state index contributed by atoms with van der Waals surface area (Å²) in [6.45, 7) is 0. The highest BCUT2D eigenvalue weighted by Crippen LogP contribution is 2.20. The SMILES string of the molecule is CN(C)c1cccc(NC(=O)Nc2ccccc2S)c1. The summed E-state index contributed by atoms with van der Waals surface area (Å²) < 4.78 is 0. The van der Waals surface area contributed by atoms with E-state index in [1.54, 1.807) is 6.07 Å². The van der Waals surface area contributed by atoms with E-state index < -0.39 is 0 Å². The van der Waals surface area contributed by atoms with E-state index >= 15 is 0 Å². The maximum atomic E-state index is 11.9. The Morgan fingerprint density at radius 2 is 1.80 bits per heavy atom. The highest BCUT2D eigenvalue weighted by Gasteiger charge is 2.05. The first-order valence-electron chi connectivity index (χ1n) is 6.19. The third-order valence-electron chi connectivity index (χ3n) is 2.77. The Kier molecular flexibility index (Phi) is 4.53. The van der Waals surface area contributed by atoms with Crippen LogP contribution in [0.25, 0.3) is 0 Å². The molecule has 2 aromatic rings. The maximum Gasteiger partial charge on any atom is 0.323 e. The van der Waals surface area contributed by atoms with Crippen LogP contribution in [0.5, 0.6) is 0 Å². The van der Waals surface area contributed by atoms with Crippen LogP contribution in [0.4, 0.5) is 21.9 Å². The van der Waals surface area contributed by atoms with E-state index in [0.29, 0.717) is 5.69 Å². The summed E-state index contributed by atoms with van der Waals surface area (Å²) in [5.41, 5.74) is 2.44. The lowest BCUT2D eigenvalue weighted by atomic mass is 10.2. The van der Waals surface area contributed by atoms with Gasteiger partial charge < -0.3 is 15.5 Å². The summed E-state index contributed by atoms with van der Waals surface area (Å²) in [5.74, 6) is 0. The lowest BCUT2D eigenvalue weighted by Gasteiger charge is -2.14. The van der Waals surface area contributed by atoms with Gasteiger partial charge in [0.25, 0.3) is 0 Å². The summed E-state index contributed by atoms with van der Waals surface area (Å²) in [7, 11) is 3.91. The number of hydrogen-bond acceptors (Lipinski definition) is 3. The zero-order chi connectivity index (χ0) is 14.5. The first kappa shape index (κ1) is 14.3. The fourth-order valence-electron chi connectivity index (χ4n) is 1.73. The van der Waals surface area contributed by atoms with Crippen LogP contribution in [-0.4, -0.2) is 20.1 Å². The number of urea groups is 1. The number of nitrogens with one attached hydrogen (secondary N) is 2. The first-order valence-corrected chi connectivity index (χ1v) is 6.64. The number of thiol groups is 1. The molecule has 0 aliphatic rings. The van der Waals surface area contributed by atoms with Crippen LogP contribution in [0.15, 0.2) is 53.4 Å². The van der Waals surface area contributed by atoms with Crippen molar-refractivity contribution in [3.05, 3.63) is 48.5 Å². The van der Waals surface area contributed by atoms with Crippen LogP contribution < -0.4 is 15.5 Å². The predicted molar refractivity (Wildman–Crippen MR) is 87.1 cm³/mol. The zero-order valence-corrected chi connectivity index (χ0v) is 12.3. The van der Waals surface area contributed by atoms with Crippen LogP contribution in [0.2, 0.25) is 0 Å². The summed E-state index contributed by atoms with van der Waals surface area (Å²) in [6.07, 6.45) is 0. The third kappa shape index (κ3) is 3.68. The molecule has 5 heteroatoms. The molecule has 4 nitrogen and oxygen atoms in total. The van der Waals surface area contributed by atoms with E-state index in [2.05, 4.69) is 23.3 Å². The summed E-state index contributed by atoms with van der Waals surface area (Å²) in [6, 6.07) is 14.7. The van der Waals surface area contributed by atoms with E-state index in [4.69, 9.17) is 0 Å². The molecular formula is C15H17N3OS. The summed E-state index contributed by atoms with van der Waals surface area (Å²) in [4.78, 5) is 14.7. The van der Waals surface area contributed by atoms with Crippen molar-refractivity contribution in [3.8, 4) is 0 Å². The van der Waals surface area contributed by atoms with E-state index in [9.17, 15) is 4.79 Å². The average Bonchev–Trinajstić information content (AvgIpc) is 2.41. The Labute approximate surface area is 124 Å². The summed E-state index contributed by atoms with van der Waals surface area (Å²) >= 11 is 4.29. The van der Waals surface area contributed by atoms with Gasteiger partial charge in [-0.1, -0.05) is 18.2 Å². The Balaban J connectivity index is 2.05. The average molecular weight is 287 g/mol. The standard InChI is InChI=1S/C15H17N3OS/c1-18(2)12-7-5-6-11(10-12)16-15(19)17-13-8-3-4-9-14(13)20/h3-10,20H,1-2H3,(H2,16,17,19). The number of anilines is 3. The van der Waals surface area contributed by atoms with Gasteiger partial charge in [0.15, 0.2) is 0 Å². The topological polar surface area (TPSA) is 44.4 Å². The molecule has 0 bridgehead atoms. The fraction of sp³-hybridized carbons (Fsp3) is 0.133. The molecule has 0 unspecified atom stereocenters. The van der Waals surface area contributed by atoms with Crippen molar-refractivity contribution in [1.29, 1.82) is 0 Å². The minimum atomic E-state index is -0.289. The third-order valence-corrected chi connectivity index (χ3v) is 3.16. The Morgan fingerprint density at radius 1 is 1.05 bits per heavy atom. The number of nitrogens with zero attached hydrogens (tertiary/aromatic N) is 1. The number of rotatable bonds is 3. The molecule has 0 aliphatic heterocycles. The Bertz CT molecular complexity index is 614. The first-order chi connectivity index (χ1) is 9.56. The number of benzene rings is 2. The lowest BCUT2D eigenvalue weighted by Crippen LogP contribution is -2.20. The fourth-order valence-corrected chi connectivity index (χ4v) is 1.94. The van der Waals surface area contributed by atoms with Crippen molar-refractivity contribution in [1.82, 2.24) is 0 Å². The van der Waals surface area contributed by atoms with Gasteiger partial charge in [-0.2, -0.15) is 0 Å². The second-order valence-corrected chi connectivity index (χ2v) is 5.02. The van der Waals surface area contributed by atoms with Crippen LogP contribution in [-0.2, 0) is 0 Å². The molecule has 0 aromatic heterocycles.